The molecule has 0 saturated carbocycles. The van der Waals surface area contributed by atoms with Gasteiger partial charge < -0.3 is 14.8 Å². The standard InChI is InChI=1S/C21H15F7N4O4S/c1-10-16(18(33)30-11-4-3-5-13(8-11)37(2,29)34)19(32-31-17(10)20(23,24)25)35-15-7-6-12(9-14(15)22)36-21(26,27)28/h3-9,29H,1-2H3,(H,30,33)/t37-/m1/s1. The molecule has 0 radical (unpaired) electrons. The molecule has 2 N–H and O–H groups in total. The predicted molar refractivity (Wildman–Crippen MR) is 114 cm³/mol. The van der Waals surface area contributed by atoms with E-state index < -0.39 is 68.2 Å². The van der Waals surface area contributed by atoms with Crippen molar-refractivity contribution in [2.75, 3.05) is 11.6 Å². The molecule has 0 bridgehead atoms. The van der Waals surface area contributed by atoms with Gasteiger partial charge in [0.2, 0.25) is 0 Å². The molecule has 1 amide bonds. The van der Waals surface area contributed by atoms with E-state index in [0.29, 0.717) is 18.2 Å². The largest absolute Gasteiger partial charge is 0.573 e. The first-order valence-corrected chi connectivity index (χ1v) is 11.7. The number of nitrogens with one attached hydrogen (secondary N) is 2. The van der Waals surface area contributed by atoms with Crippen molar-refractivity contribution < 1.29 is 49.2 Å². The molecule has 0 aliphatic carbocycles. The molecule has 37 heavy (non-hydrogen) atoms. The first kappa shape index (κ1) is 27.6. The Bertz CT molecular complexity index is 1460. The highest BCUT2D eigenvalue weighted by Gasteiger charge is 2.38. The van der Waals surface area contributed by atoms with Crippen molar-refractivity contribution >= 4 is 21.3 Å². The van der Waals surface area contributed by atoms with Crippen molar-refractivity contribution in [1.29, 1.82) is 4.78 Å². The number of hydrogen-bond donors (Lipinski definition) is 2. The SMILES string of the molecule is Cc1c(C(F)(F)F)nnc(Oc2ccc(OC(F)(F)F)cc2F)c1C(=O)Nc1cccc([S@](C)(=N)=O)c1. The summed E-state index contributed by atoms with van der Waals surface area (Å²) >= 11 is 0. The van der Waals surface area contributed by atoms with E-state index in [2.05, 4.69) is 20.3 Å². The molecular weight excluding hydrogens is 537 g/mol. The second-order valence-electron chi connectivity index (χ2n) is 7.42. The fraction of sp³-hybridized carbons (Fsp3) is 0.190. The number of ether oxygens (including phenoxy) is 2. The fourth-order valence-electron chi connectivity index (χ4n) is 2.98. The average Bonchev–Trinajstić information content (AvgIpc) is 2.73. The lowest BCUT2D eigenvalue weighted by atomic mass is 10.1. The minimum absolute atomic E-state index is 0.0190. The summed E-state index contributed by atoms with van der Waals surface area (Å²) in [6.45, 7) is 0.884. The molecule has 198 valence electrons. The van der Waals surface area contributed by atoms with Crippen molar-refractivity contribution in [1.82, 2.24) is 10.2 Å². The molecule has 0 fully saturated rings. The van der Waals surface area contributed by atoms with Crippen LogP contribution in [0.25, 0.3) is 0 Å². The van der Waals surface area contributed by atoms with Crippen LogP contribution in [0.2, 0.25) is 0 Å². The van der Waals surface area contributed by atoms with Crippen LogP contribution in [-0.2, 0) is 15.9 Å². The summed E-state index contributed by atoms with van der Waals surface area (Å²) in [7, 11) is -3.20. The van der Waals surface area contributed by atoms with Crippen LogP contribution in [0.15, 0.2) is 47.4 Å². The third kappa shape index (κ3) is 6.84. The number of amides is 1. The molecule has 0 aliphatic heterocycles. The van der Waals surface area contributed by atoms with Crippen LogP contribution in [0, 0.1) is 17.5 Å². The van der Waals surface area contributed by atoms with Gasteiger partial charge in [0.15, 0.2) is 17.3 Å². The number of alkyl halides is 6. The zero-order valence-electron chi connectivity index (χ0n) is 18.6. The number of anilines is 1. The van der Waals surface area contributed by atoms with Crippen LogP contribution in [0.1, 0.15) is 21.6 Å². The summed E-state index contributed by atoms with van der Waals surface area (Å²) in [4.78, 5) is 13.0. The lowest BCUT2D eigenvalue weighted by molar-refractivity contribution is -0.274. The van der Waals surface area contributed by atoms with E-state index in [-0.39, 0.29) is 10.6 Å². The van der Waals surface area contributed by atoms with Gasteiger partial charge in [0, 0.05) is 22.9 Å². The molecule has 3 aromatic rings. The van der Waals surface area contributed by atoms with Gasteiger partial charge in [-0.05, 0) is 42.8 Å². The molecule has 0 spiro atoms. The maximum atomic E-state index is 14.4. The van der Waals surface area contributed by atoms with Gasteiger partial charge in [0.1, 0.15) is 11.3 Å². The van der Waals surface area contributed by atoms with Crippen molar-refractivity contribution in [3.05, 3.63) is 65.1 Å². The first-order chi connectivity index (χ1) is 17.0. The molecule has 2 aromatic carbocycles. The number of aromatic nitrogens is 2. The van der Waals surface area contributed by atoms with Crippen LogP contribution < -0.4 is 14.8 Å². The van der Waals surface area contributed by atoms with Crippen LogP contribution in [0.5, 0.6) is 17.4 Å². The van der Waals surface area contributed by atoms with Crippen LogP contribution in [0.3, 0.4) is 0 Å². The Labute approximate surface area is 204 Å². The fourth-order valence-corrected chi connectivity index (χ4v) is 3.67. The Balaban J connectivity index is 2.04. The number of carbonyl (C=O) groups is 1. The number of hydrogen-bond acceptors (Lipinski definition) is 7. The van der Waals surface area contributed by atoms with Crippen molar-refractivity contribution in [3.8, 4) is 17.4 Å². The Hall–Kier alpha value is -3.95. The molecule has 0 aliphatic rings. The van der Waals surface area contributed by atoms with E-state index in [4.69, 9.17) is 9.52 Å². The smallest absolute Gasteiger partial charge is 0.434 e. The quantitative estimate of drug-likeness (QED) is 0.367. The summed E-state index contributed by atoms with van der Waals surface area (Å²) in [6.07, 6.45) is -9.03. The van der Waals surface area contributed by atoms with Gasteiger partial charge in [-0.3, -0.25) is 4.79 Å². The summed E-state index contributed by atoms with van der Waals surface area (Å²) in [5, 5.41) is 8.50. The average molecular weight is 552 g/mol. The molecule has 0 unspecified atom stereocenters. The van der Waals surface area contributed by atoms with Gasteiger partial charge in [-0.2, -0.15) is 13.2 Å². The van der Waals surface area contributed by atoms with Gasteiger partial charge in [0.25, 0.3) is 11.8 Å². The molecule has 8 nitrogen and oxygen atoms in total. The Morgan fingerprint density at radius 1 is 1.05 bits per heavy atom. The minimum Gasteiger partial charge on any atom is -0.434 e. The summed E-state index contributed by atoms with van der Waals surface area (Å²) in [6, 6.07) is 6.82. The summed E-state index contributed by atoms with van der Waals surface area (Å²) in [5.41, 5.74) is -3.15. The molecule has 16 heteroatoms. The Morgan fingerprint density at radius 2 is 1.73 bits per heavy atom. The number of rotatable bonds is 6. The van der Waals surface area contributed by atoms with E-state index in [1.54, 1.807) is 0 Å². The maximum absolute atomic E-state index is 14.4. The summed E-state index contributed by atoms with van der Waals surface area (Å²) < 4.78 is 120. The Morgan fingerprint density at radius 3 is 2.30 bits per heavy atom. The van der Waals surface area contributed by atoms with Gasteiger partial charge in [-0.1, -0.05) is 6.07 Å². The van der Waals surface area contributed by atoms with E-state index in [0.717, 1.165) is 13.2 Å². The first-order valence-electron chi connectivity index (χ1n) is 9.78. The molecule has 0 saturated heterocycles. The van der Waals surface area contributed by atoms with E-state index in [9.17, 15) is 39.7 Å². The van der Waals surface area contributed by atoms with Gasteiger partial charge in [0.05, 0.1) is 9.73 Å². The number of nitrogens with zero attached hydrogens (tertiary/aromatic N) is 2. The van der Waals surface area contributed by atoms with Crippen LogP contribution >= 0.6 is 0 Å². The number of benzene rings is 2. The topological polar surface area (TPSA) is 114 Å². The monoisotopic (exact) mass is 552 g/mol. The molecule has 1 aromatic heterocycles. The number of halogens is 7. The van der Waals surface area contributed by atoms with E-state index >= 15 is 0 Å². The summed E-state index contributed by atoms with van der Waals surface area (Å²) in [5.74, 6) is -5.24. The van der Waals surface area contributed by atoms with Gasteiger partial charge in [-0.25, -0.2) is 13.4 Å². The van der Waals surface area contributed by atoms with Crippen molar-refractivity contribution in [2.24, 2.45) is 0 Å². The van der Waals surface area contributed by atoms with Gasteiger partial charge >= 0.3 is 12.5 Å². The molecule has 1 atom stereocenters. The minimum atomic E-state index is -5.11. The Kier molecular flexibility index (Phi) is 7.35. The lowest BCUT2D eigenvalue weighted by Gasteiger charge is -2.16. The highest BCUT2D eigenvalue weighted by Crippen LogP contribution is 2.36. The number of carbonyl (C=O) groups excluding carboxylic acids is 1. The van der Waals surface area contributed by atoms with Crippen LogP contribution in [0.4, 0.5) is 36.4 Å². The lowest BCUT2D eigenvalue weighted by Crippen LogP contribution is -2.21. The second kappa shape index (κ2) is 9.84. The molecular formula is C21H15F7N4O4S. The third-order valence-electron chi connectivity index (χ3n) is 4.57. The van der Waals surface area contributed by atoms with E-state index in [1.807, 2.05) is 0 Å². The molecule has 1 heterocycles. The molecule has 3 rings (SSSR count). The van der Waals surface area contributed by atoms with Crippen molar-refractivity contribution in [2.45, 2.75) is 24.4 Å². The highest BCUT2D eigenvalue weighted by molar-refractivity contribution is 7.91. The van der Waals surface area contributed by atoms with Gasteiger partial charge in [-0.15, -0.1) is 23.4 Å². The van der Waals surface area contributed by atoms with E-state index in [1.165, 1.54) is 24.3 Å². The zero-order chi connectivity index (χ0) is 27.8. The second-order valence-corrected chi connectivity index (χ2v) is 9.58. The van der Waals surface area contributed by atoms with Crippen LogP contribution in [-0.4, -0.2) is 32.9 Å². The normalized spacial score (nSPS) is 13.5. The predicted octanol–water partition coefficient (Wildman–Crippen LogP) is 5.92. The maximum Gasteiger partial charge on any atom is 0.573 e. The van der Waals surface area contributed by atoms with Crippen molar-refractivity contribution in [3.63, 3.8) is 0 Å². The zero-order valence-corrected chi connectivity index (χ0v) is 19.4. The highest BCUT2D eigenvalue weighted by atomic mass is 32.2. The third-order valence-corrected chi connectivity index (χ3v) is 5.72.